The Hall–Kier alpha value is -0.380. The molecular formula is C13H20ClNOS. The minimum Gasteiger partial charge on any atom is -0.506 e. The lowest BCUT2D eigenvalue weighted by Gasteiger charge is -2.13. The Morgan fingerprint density at radius 3 is 2.88 bits per heavy atom. The van der Waals surface area contributed by atoms with Crippen LogP contribution in [0.2, 0.25) is 5.02 Å². The normalized spacial score (nSPS) is 12.6. The van der Waals surface area contributed by atoms with Crippen molar-refractivity contribution in [3.63, 3.8) is 0 Å². The van der Waals surface area contributed by atoms with E-state index in [-0.39, 0.29) is 5.75 Å². The van der Waals surface area contributed by atoms with Gasteiger partial charge in [0.15, 0.2) is 0 Å². The smallest absolute Gasteiger partial charge is 0.134 e. The van der Waals surface area contributed by atoms with E-state index in [2.05, 4.69) is 19.2 Å². The Morgan fingerprint density at radius 1 is 1.47 bits per heavy atom. The van der Waals surface area contributed by atoms with E-state index in [1.807, 2.05) is 17.8 Å². The first-order valence-corrected chi connectivity index (χ1v) is 7.45. The fourth-order valence-corrected chi connectivity index (χ4v) is 2.47. The van der Waals surface area contributed by atoms with Crippen molar-refractivity contribution in [1.29, 1.82) is 0 Å². The van der Waals surface area contributed by atoms with E-state index in [0.29, 0.717) is 11.1 Å². The number of aromatic hydroxyl groups is 1. The highest BCUT2D eigenvalue weighted by molar-refractivity contribution is 7.99. The zero-order valence-electron chi connectivity index (χ0n) is 10.4. The van der Waals surface area contributed by atoms with Gasteiger partial charge in [-0.1, -0.05) is 24.6 Å². The van der Waals surface area contributed by atoms with Gasteiger partial charge in [-0.2, -0.15) is 11.8 Å². The summed E-state index contributed by atoms with van der Waals surface area (Å²) in [4.78, 5) is 0. The molecule has 2 N–H and O–H groups in total. The van der Waals surface area contributed by atoms with Gasteiger partial charge in [0.05, 0.1) is 5.02 Å². The number of benzene rings is 1. The molecule has 0 aliphatic carbocycles. The van der Waals surface area contributed by atoms with Crippen molar-refractivity contribution in [2.45, 2.75) is 32.9 Å². The first kappa shape index (κ1) is 14.7. The lowest BCUT2D eigenvalue weighted by atomic mass is 10.2. The molecule has 0 aliphatic rings. The Morgan fingerprint density at radius 2 is 2.24 bits per heavy atom. The van der Waals surface area contributed by atoms with E-state index in [1.165, 1.54) is 17.9 Å². The molecule has 0 spiro atoms. The van der Waals surface area contributed by atoms with Crippen LogP contribution in [0, 0.1) is 0 Å². The predicted octanol–water partition coefficient (Wildman–Crippen LogP) is 3.67. The highest BCUT2D eigenvalue weighted by Crippen LogP contribution is 2.23. The Kier molecular flexibility index (Phi) is 6.78. The second kappa shape index (κ2) is 7.85. The molecule has 0 aliphatic heterocycles. The van der Waals surface area contributed by atoms with E-state index >= 15 is 0 Å². The van der Waals surface area contributed by atoms with Crippen LogP contribution in [-0.4, -0.2) is 22.7 Å². The molecule has 0 saturated heterocycles. The molecular weight excluding hydrogens is 254 g/mol. The average Bonchev–Trinajstić information content (AvgIpc) is 2.31. The van der Waals surface area contributed by atoms with Crippen LogP contribution in [0.15, 0.2) is 18.2 Å². The fourth-order valence-electron chi connectivity index (χ4n) is 1.46. The van der Waals surface area contributed by atoms with Crippen molar-refractivity contribution in [2.24, 2.45) is 0 Å². The average molecular weight is 274 g/mol. The minimum atomic E-state index is 0.141. The van der Waals surface area contributed by atoms with Gasteiger partial charge in [-0.3, -0.25) is 0 Å². The van der Waals surface area contributed by atoms with Gasteiger partial charge in [-0.25, -0.2) is 0 Å². The number of thioether (sulfide) groups is 1. The largest absolute Gasteiger partial charge is 0.506 e. The summed E-state index contributed by atoms with van der Waals surface area (Å²) in [5.74, 6) is 2.52. The molecule has 0 aromatic heterocycles. The maximum atomic E-state index is 9.31. The Balaban J connectivity index is 2.31. The molecule has 1 atom stereocenters. The van der Waals surface area contributed by atoms with E-state index in [4.69, 9.17) is 11.6 Å². The second-order valence-electron chi connectivity index (χ2n) is 4.05. The zero-order valence-corrected chi connectivity index (χ0v) is 11.9. The molecule has 2 nitrogen and oxygen atoms in total. The summed E-state index contributed by atoms with van der Waals surface area (Å²) in [6, 6.07) is 5.83. The van der Waals surface area contributed by atoms with Crippen molar-refractivity contribution in [2.75, 3.05) is 11.5 Å². The summed E-state index contributed by atoms with van der Waals surface area (Å²) >= 11 is 7.82. The van der Waals surface area contributed by atoms with Crippen LogP contribution >= 0.6 is 23.4 Å². The van der Waals surface area contributed by atoms with Crippen LogP contribution < -0.4 is 5.32 Å². The van der Waals surface area contributed by atoms with E-state index in [0.717, 1.165) is 12.1 Å². The van der Waals surface area contributed by atoms with Crippen molar-refractivity contribution < 1.29 is 5.11 Å². The summed E-state index contributed by atoms with van der Waals surface area (Å²) in [7, 11) is 0. The Labute approximate surface area is 113 Å². The third kappa shape index (κ3) is 5.66. The van der Waals surface area contributed by atoms with Crippen LogP contribution in [0.3, 0.4) is 0 Å². The SMILES string of the molecule is CCSCCC(C)NCc1ccc(O)c(Cl)c1. The molecule has 0 amide bonds. The molecule has 4 heteroatoms. The minimum absolute atomic E-state index is 0.141. The van der Waals surface area contributed by atoms with Crippen molar-refractivity contribution in [1.82, 2.24) is 5.32 Å². The van der Waals surface area contributed by atoms with Gasteiger partial charge in [-0.15, -0.1) is 0 Å². The molecule has 0 heterocycles. The van der Waals surface area contributed by atoms with Gasteiger partial charge in [-0.05, 0) is 42.5 Å². The van der Waals surface area contributed by atoms with E-state index in [9.17, 15) is 5.11 Å². The number of phenols is 1. The lowest BCUT2D eigenvalue weighted by Crippen LogP contribution is -2.26. The maximum Gasteiger partial charge on any atom is 0.134 e. The number of hydrogen-bond acceptors (Lipinski definition) is 3. The molecule has 1 rings (SSSR count). The molecule has 17 heavy (non-hydrogen) atoms. The maximum absolute atomic E-state index is 9.31. The Bertz CT molecular complexity index is 346. The summed E-state index contributed by atoms with van der Waals surface area (Å²) in [6.07, 6.45) is 1.17. The molecule has 1 aromatic carbocycles. The van der Waals surface area contributed by atoms with E-state index < -0.39 is 0 Å². The summed E-state index contributed by atoms with van der Waals surface area (Å²) in [5, 5.41) is 13.2. The number of hydrogen-bond donors (Lipinski definition) is 2. The second-order valence-corrected chi connectivity index (χ2v) is 5.85. The highest BCUT2D eigenvalue weighted by Gasteiger charge is 2.03. The van der Waals surface area contributed by atoms with Crippen LogP contribution in [-0.2, 0) is 6.54 Å². The molecule has 0 radical (unpaired) electrons. The van der Waals surface area contributed by atoms with Crippen LogP contribution in [0.25, 0.3) is 0 Å². The highest BCUT2D eigenvalue weighted by atomic mass is 35.5. The molecule has 1 aromatic rings. The topological polar surface area (TPSA) is 32.3 Å². The van der Waals surface area contributed by atoms with Gasteiger partial charge in [0.25, 0.3) is 0 Å². The number of halogens is 1. The zero-order chi connectivity index (χ0) is 12.7. The number of nitrogens with one attached hydrogen (secondary N) is 1. The van der Waals surface area contributed by atoms with Crippen LogP contribution in [0.1, 0.15) is 25.8 Å². The van der Waals surface area contributed by atoms with Crippen LogP contribution in [0.4, 0.5) is 0 Å². The van der Waals surface area contributed by atoms with Gasteiger partial charge in [0, 0.05) is 12.6 Å². The third-order valence-electron chi connectivity index (χ3n) is 2.57. The fraction of sp³-hybridized carbons (Fsp3) is 0.538. The quantitative estimate of drug-likeness (QED) is 0.744. The van der Waals surface area contributed by atoms with Crippen molar-refractivity contribution in [3.05, 3.63) is 28.8 Å². The molecule has 0 fully saturated rings. The monoisotopic (exact) mass is 273 g/mol. The number of rotatable bonds is 7. The lowest BCUT2D eigenvalue weighted by molar-refractivity contribution is 0.475. The van der Waals surface area contributed by atoms with Gasteiger partial charge in [0.1, 0.15) is 5.75 Å². The van der Waals surface area contributed by atoms with Crippen molar-refractivity contribution in [3.8, 4) is 5.75 Å². The van der Waals surface area contributed by atoms with Crippen LogP contribution in [0.5, 0.6) is 5.75 Å². The molecule has 1 unspecified atom stereocenters. The third-order valence-corrected chi connectivity index (χ3v) is 3.80. The van der Waals surface area contributed by atoms with Gasteiger partial charge >= 0.3 is 0 Å². The summed E-state index contributed by atoms with van der Waals surface area (Å²) < 4.78 is 0. The van der Waals surface area contributed by atoms with Gasteiger partial charge in [0.2, 0.25) is 0 Å². The number of phenolic OH excluding ortho intramolecular Hbond substituents is 1. The summed E-state index contributed by atoms with van der Waals surface area (Å²) in [6.45, 7) is 5.16. The predicted molar refractivity (Wildman–Crippen MR) is 77.0 cm³/mol. The van der Waals surface area contributed by atoms with E-state index in [1.54, 1.807) is 12.1 Å². The van der Waals surface area contributed by atoms with Gasteiger partial charge < -0.3 is 10.4 Å². The molecule has 96 valence electrons. The molecule has 0 saturated carbocycles. The molecule has 0 bridgehead atoms. The van der Waals surface area contributed by atoms with Crippen molar-refractivity contribution >= 4 is 23.4 Å². The summed E-state index contributed by atoms with van der Waals surface area (Å²) in [5.41, 5.74) is 1.10. The first-order chi connectivity index (χ1) is 8.13. The standard InChI is InChI=1S/C13H20ClNOS/c1-3-17-7-6-10(2)15-9-11-4-5-13(16)12(14)8-11/h4-5,8,10,15-16H,3,6-7,9H2,1-2H3. The first-order valence-electron chi connectivity index (χ1n) is 5.92.